The molecule has 2 unspecified atom stereocenters. The minimum atomic E-state index is -4.32. The van der Waals surface area contributed by atoms with Gasteiger partial charge in [0.25, 0.3) is 0 Å². The first-order valence-electron chi connectivity index (χ1n) is 4.93. The SMILES string of the molecule is CCC(C)(C#N)C(=O)NC(C)CC(F)(F)F. The molecule has 0 aliphatic heterocycles. The van der Waals surface area contributed by atoms with Crippen LogP contribution in [-0.4, -0.2) is 18.1 Å². The number of amides is 1. The molecule has 2 atom stereocenters. The van der Waals surface area contributed by atoms with Gasteiger partial charge < -0.3 is 5.32 Å². The highest BCUT2D eigenvalue weighted by atomic mass is 19.4. The summed E-state index contributed by atoms with van der Waals surface area (Å²) in [5, 5.41) is 11.0. The highest BCUT2D eigenvalue weighted by Gasteiger charge is 2.35. The number of carbonyl (C=O) groups excluding carboxylic acids is 1. The van der Waals surface area contributed by atoms with Crippen molar-refractivity contribution in [2.24, 2.45) is 5.41 Å². The molecule has 0 spiro atoms. The first kappa shape index (κ1) is 14.8. The predicted octanol–water partition coefficient (Wildman–Crippen LogP) is 2.38. The van der Waals surface area contributed by atoms with E-state index >= 15 is 0 Å². The fourth-order valence-electron chi connectivity index (χ4n) is 1.07. The van der Waals surface area contributed by atoms with Crippen molar-refractivity contribution in [2.45, 2.75) is 45.8 Å². The van der Waals surface area contributed by atoms with Crippen molar-refractivity contribution in [3.05, 3.63) is 0 Å². The number of carbonyl (C=O) groups is 1. The van der Waals surface area contributed by atoms with Gasteiger partial charge in [-0.2, -0.15) is 18.4 Å². The number of nitriles is 1. The van der Waals surface area contributed by atoms with Crippen molar-refractivity contribution in [3.63, 3.8) is 0 Å². The van der Waals surface area contributed by atoms with Crippen molar-refractivity contribution in [1.29, 1.82) is 5.26 Å². The van der Waals surface area contributed by atoms with Gasteiger partial charge in [-0.15, -0.1) is 0 Å². The Labute approximate surface area is 92.6 Å². The lowest BCUT2D eigenvalue weighted by atomic mass is 9.88. The van der Waals surface area contributed by atoms with Crippen LogP contribution in [-0.2, 0) is 4.79 Å². The molecule has 0 bridgehead atoms. The molecule has 0 aromatic heterocycles. The van der Waals surface area contributed by atoms with E-state index in [9.17, 15) is 18.0 Å². The lowest BCUT2D eigenvalue weighted by molar-refractivity contribution is -0.143. The highest BCUT2D eigenvalue weighted by molar-refractivity contribution is 5.85. The van der Waals surface area contributed by atoms with Crippen LogP contribution >= 0.6 is 0 Å². The number of halogens is 3. The predicted molar refractivity (Wildman–Crippen MR) is 52.3 cm³/mol. The lowest BCUT2D eigenvalue weighted by Gasteiger charge is -2.22. The monoisotopic (exact) mass is 236 g/mol. The van der Waals surface area contributed by atoms with E-state index in [-0.39, 0.29) is 6.42 Å². The van der Waals surface area contributed by atoms with E-state index < -0.39 is 30.0 Å². The Balaban J connectivity index is 4.42. The maximum absolute atomic E-state index is 12.0. The van der Waals surface area contributed by atoms with E-state index in [1.54, 1.807) is 13.0 Å². The molecule has 1 amide bonds. The summed E-state index contributed by atoms with van der Waals surface area (Å²) in [5.41, 5.74) is -1.26. The van der Waals surface area contributed by atoms with E-state index in [1.807, 2.05) is 0 Å². The third-order valence-electron chi connectivity index (χ3n) is 2.37. The average molecular weight is 236 g/mol. The van der Waals surface area contributed by atoms with E-state index in [0.717, 1.165) is 0 Å². The maximum Gasteiger partial charge on any atom is 0.391 e. The summed E-state index contributed by atoms with van der Waals surface area (Å²) in [7, 11) is 0. The van der Waals surface area contributed by atoms with E-state index in [2.05, 4.69) is 5.32 Å². The number of hydrogen-bond donors (Lipinski definition) is 1. The van der Waals surface area contributed by atoms with Crippen LogP contribution in [0, 0.1) is 16.7 Å². The van der Waals surface area contributed by atoms with Crippen molar-refractivity contribution in [2.75, 3.05) is 0 Å². The summed E-state index contributed by atoms with van der Waals surface area (Å²) >= 11 is 0. The van der Waals surface area contributed by atoms with E-state index in [0.29, 0.717) is 0 Å². The molecular formula is C10H15F3N2O. The van der Waals surface area contributed by atoms with Crippen LogP contribution in [0.5, 0.6) is 0 Å². The van der Waals surface area contributed by atoms with Gasteiger partial charge in [0.1, 0.15) is 5.41 Å². The molecular weight excluding hydrogens is 221 g/mol. The van der Waals surface area contributed by atoms with Gasteiger partial charge >= 0.3 is 6.18 Å². The molecule has 6 heteroatoms. The Kier molecular flexibility index (Phi) is 4.79. The molecule has 0 rings (SSSR count). The first-order chi connectivity index (χ1) is 7.14. The van der Waals surface area contributed by atoms with Gasteiger partial charge in [-0.25, -0.2) is 0 Å². The lowest BCUT2D eigenvalue weighted by Crippen LogP contribution is -2.43. The van der Waals surface area contributed by atoms with Gasteiger partial charge in [-0.3, -0.25) is 4.79 Å². The number of nitrogens with one attached hydrogen (secondary N) is 1. The zero-order valence-electron chi connectivity index (χ0n) is 9.48. The molecule has 92 valence electrons. The molecule has 16 heavy (non-hydrogen) atoms. The number of nitrogens with zero attached hydrogens (tertiary/aromatic N) is 1. The van der Waals surface area contributed by atoms with Crippen LogP contribution in [0.4, 0.5) is 13.2 Å². The Hall–Kier alpha value is -1.25. The standard InChI is InChI=1S/C10H15F3N2O/c1-4-9(3,6-14)8(16)15-7(2)5-10(11,12)13/h7H,4-5H2,1-3H3,(H,15,16). The third kappa shape index (κ3) is 4.51. The molecule has 0 saturated carbocycles. The number of alkyl halides is 3. The molecule has 0 fully saturated rings. The Morgan fingerprint density at radius 3 is 2.31 bits per heavy atom. The van der Waals surface area contributed by atoms with Crippen molar-refractivity contribution < 1.29 is 18.0 Å². The maximum atomic E-state index is 12.0. The second-order valence-corrected chi connectivity index (χ2v) is 3.99. The summed E-state index contributed by atoms with van der Waals surface area (Å²) in [4.78, 5) is 11.5. The molecule has 0 radical (unpaired) electrons. The Bertz CT molecular complexity index is 295. The van der Waals surface area contributed by atoms with Crippen LogP contribution in [0.1, 0.15) is 33.6 Å². The summed E-state index contributed by atoms with van der Waals surface area (Å²) < 4.78 is 36.0. The number of hydrogen-bond acceptors (Lipinski definition) is 2. The highest BCUT2D eigenvalue weighted by Crippen LogP contribution is 2.23. The Morgan fingerprint density at radius 1 is 1.50 bits per heavy atom. The number of rotatable bonds is 4. The fourth-order valence-corrected chi connectivity index (χ4v) is 1.07. The second-order valence-electron chi connectivity index (χ2n) is 3.99. The van der Waals surface area contributed by atoms with Gasteiger partial charge in [-0.1, -0.05) is 6.92 Å². The zero-order valence-corrected chi connectivity index (χ0v) is 9.48. The summed E-state index contributed by atoms with van der Waals surface area (Å²) in [6, 6.07) is 0.781. The normalized spacial score (nSPS) is 17.1. The second kappa shape index (κ2) is 5.19. The van der Waals surface area contributed by atoms with E-state index in [1.165, 1.54) is 13.8 Å². The van der Waals surface area contributed by atoms with Gasteiger partial charge in [0.05, 0.1) is 12.5 Å². The van der Waals surface area contributed by atoms with Gasteiger partial charge in [0.2, 0.25) is 5.91 Å². The molecule has 0 heterocycles. The molecule has 0 aromatic rings. The topological polar surface area (TPSA) is 52.9 Å². The van der Waals surface area contributed by atoms with Crippen molar-refractivity contribution in [1.82, 2.24) is 5.32 Å². The van der Waals surface area contributed by atoms with E-state index in [4.69, 9.17) is 5.26 Å². The van der Waals surface area contributed by atoms with Crippen LogP contribution < -0.4 is 5.32 Å². The first-order valence-corrected chi connectivity index (χ1v) is 4.93. The molecule has 0 aliphatic carbocycles. The molecule has 3 nitrogen and oxygen atoms in total. The van der Waals surface area contributed by atoms with Crippen LogP contribution in [0.15, 0.2) is 0 Å². The van der Waals surface area contributed by atoms with Gasteiger partial charge in [0.15, 0.2) is 0 Å². The minimum absolute atomic E-state index is 0.258. The van der Waals surface area contributed by atoms with Gasteiger partial charge in [-0.05, 0) is 20.3 Å². The van der Waals surface area contributed by atoms with Crippen molar-refractivity contribution >= 4 is 5.91 Å². The van der Waals surface area contributed by atoms with Crippen LogP contribution in [0.3, 0.4) is 0 Å². The van der Waals surface area contributed by atoms with Crippen LogP contribution in [0.25, 0.3) is 0 Å². The quantitative estimate of drug-likeness (QED) is 0.814. The fraction of sp³-hybridized carbons (Fsp3) is 0.800. The minimum Gasteiger partial charge on any atom is -0.352 e. The third-order valence-corrected chi connectivity index (χ3v) is 2.37. The summed E-state index contributed by atoms with van der Waals surface area (Å²) in [6.45, 7) is 4.30. The van der Waals surface area contributed by atoms with Crippen molar-refractivity contribution in [3.8, 4) is 6.07 Å². The zero-order chi connectivity index (χ0) is 13.0. The molecule has 0 aromatic carbocycles. The molecule has 0 saturated heterocycles. The smallest absolute Gasteiger partial charge is 0.352 e. The summed E-state index contributed by atoms with van der Waals surface area (Å²) in [6.07, 6.45) is -5.15. The largest absolute Gasteiger partial charge is 0.391 e. The van der Waals surface area contributed by atoms with Crippen LogP contribution in [0.2, 0.25) is 0 Å². The van der Waals surface area contributed by atoms with Gasteiger partial charge in [0, 0.05) is 6.04 Å². The summed E-state index contributed by atoms with van der Waals surface area (Å²) in [5.74, 6) is -0.658. The molecule has 1 N–H and O–H groups in total. The molecule has 0 aliphatic rings. The Morgan fingerprint density at radius 2 is 2.00 bits per heavy atom. The average Bonchev–Trinajstić information content (AvgIpc) is 2.13.